The summed E-state index contributed by atoms with van der Waals surface area (Å²) in [4.78, 5) is 0. The Hall–Kier alpha value is -7.08. The average molecular weight is 624 g/mol. The Labute approximate surface area is 278 Å². The number of nitrogens with zero attached hydrogens (tertiary/aromatic N) is 3. The van der Waals surface area contributed by atoms with Crippen LogP contribution in [0.15, 0.2) is 136 Å². The molecule has 49 heavy (non-hydrogen) atoms. The van der Waals surface area contributed by atoms with E-state index in [1.165, 1.54) is 0 Å². The molecule has 0 N–H and O–H groups in total. The van der Waals surface area contributed by atoms with E-state index in [1.807, 2.05) is 60.7 Å². The van der Waals surface area contributed by atoms with Crippen molar-refractivity contribution in [3.63, 3.8) is 0 Å². The maximum atomic E-state index is 9.93. The Morgan fingerprint density at radius 3 is 1.37 bits per heavy atom. The van der Waals surface area contributed by atoms with Crippen molar-refractivity contribution in [1.29, 1.82) is 10.5 Å². The highest BCUT2D eigenvalue weighted by atomic mass is 16.3. The summed E-state index contributed by atoms with van der Waals surface area (Å²) >= 11 is 0. The van der Waals surface area contributed by atoms with Gasteiger partial charge in [0.2, 0.25) is 0 Å². The summed E-state index contributed by atoms with van der Waals surface area (Å²) in [5, 5.41) is 28.5. The molecule has 4 aromatic heterocycles. The normalized spacial score (nSPS) is 12.0. The topological polar surface area (TPSA) is 78.3 Å². The number of fused-ring (bicyclic) bond motifs is 12. The lowest BCUT2D eigenvalue weighted by Crippen LogP contribution is -1.87. The summed E-state index contributed by atoms with van der Waals surface area (Å²) < 4.78 is 15.0. The van der Waals surface area contributed by atoms with Crippen molar-refractivity contribution >= 4 is 82.0 Å². The minimum atomic E-state index is 0.582. The smallest absolute Gasteiger partial charge is 0.136 e. The van der Waals surface area contributed by atoms with Crippen molar-refractivity contribution in [3.05, 3.63) is 139 Å². The molecule has 0 aliphatic carbocycles. The standard InChI is InChI=1S/C44H21N3O2/c45-22-24-9-13-32-36(17-24)47-37-18-25(23-46)10-14-33(37)43-35(27-12-16-31-29-6-2-4-8-39(29)49-41(31)20-27)21-34(42(32)44(43)47)26-11-15-30-28-5-1-3-7-38(28)48-40(30)19-26/h1-21H. The van der Waals surface area contributed by atoms with Gasteiger partial charge in [-0.1, -0.05) is 60.7 Å². The number of para-hydroxylation sites is 2. The van der Waals surface area contributed by atoms with Crippen molar-refractivity contribution in [1.82, 2.24) is 4.40 Å². The van der Waals surface area contributed by atoms with Gasteiger partial charge in [0, 0.05) is 43.1 Å². The highest BCUT2D eigenvalue weighted by Crippen LogP contribution is 2.49. The van der Waals surface area contributed by atoms with Gasteiger partial charge in [-0.2, -0.15) is 10.5 Å². The van der Waals surface area contributed by atoms with E-state index in [-0.39, 0.29) is 0 Å². The van der Waals surface area contributed by atoms with Gasteiger partial charge in [-0.25, -0.2) is 0 Å². The third-order valence-corrected chi connectivity index (χ3v) is 10.2. The minimum absolute atomic E-state index is 0.582. The lowest BCUT2D eigenvalue weighted by molar-refractivity contribution is 0.668. The second kappa shape index (κ2) is 9.26. The third kappa shape index (κ3) is 3.41. The molecule has 7 aromatic carbocycles. The van der Waals surface area contributed by atoms with Gasteiger partial charge in [0.1, 0.15) is 22.3 Å². The fraction of sp³-hybridized carbons (Fsp3) is 0. The zero-order valence-corrected chi connectivity index (χ0v) is 25.8. The first-order valence-corrected chi connectivity index (χ1v) is 16.1. The molecule has 11 rings (SSSR count). The van der Waals surface area contributed by atoms with E-state index < -0.39 is 0 Å². The van der Waals surface area contributed by atoms with Gasteiger partial charge in [0.15, 0.2) is 0 Å². The average Bonchev–Trinajstić information content (AvgIpc) is 3.90. The molecule has 224 valence electrons. The Balaban J connectivity index is 1.32. The van der Waals surface area contributed by atoms with Crippen LogP contribution in [0, 0.1) is 22.7 Å². The van der Waals surface area contributed by atoms with Crippen molar-refractivity contribution in [3.8, 4) is 34.4 Å². The molecule has 0 aliphatic heterocycles. The van der Waals surface area contributed by atoms with Crippen LogP contribution in [-0.4, -0.2) is 4.40 Å². The number of nitriles is 2. The number of furan rings is 2. The lowest BCUT2D eigenvalue weighted by Gasteiger charge is -2.12. The molecule has 11 aromatic rings. The monoisotopic (exact) mass is 623 g/mol. The first kappa shape index (κ1) is 26.0. The van der Waals surface area contributed by atoms with Crippen LogP contribution in [0.3, 0.4) is 0 Å². The van der Waals surface area contributed by atoms with E-state index in [0.717, 1.165) is 104 Å². The number of rotatable bonds is 2. The van der Waals surface area contributed by atoms with E-state index in [9.17, 15) is 10.5 Å². The Kier molecular flexibility index (Phi) is 4.92. The quantitative estimate of drug-likeness (QED) is 0.192. The molecule has 0 atom stereocenters. The van der Waals surface area contributed by atoms with Crippen LogP contribution >= 0.6 is 0 Å². The van der Waals surface area contributed by atoms with Crippen LogP contribution in [0.4, 0.5) is 0 Å². The van der Waals surface area contributed by atoms with Crippen molar-refractivity contribution in [2.24, 2.45) is 0 Å². The van der Waals surface area contributed by atoms with Gasteiger partial charge in [-0.15, -0.1) is 0 Å². The van der Waals surface area contributed by atoms with Crippen molar-refractivity contribution in [2.45, 2.75) is 0 Å². The molecule has 0 bridgehead atoms. The largest absolute Gasteiger partial charge is 0.456 e. The molecule has 5 nitrogen and oxygen atoms in total. The maximum Gasteiger partial charge on any atom is 0.136 e. The molecule has 0 unspecified atom stereocenters. The summed E-state index contributed by atoms with van der Waals surface area (Å²) in [5.74, 6) is 0. The number of hydrogen-bond donors (Lipinski definition) is 0. The highest BCUT2D eigenvalue weighted by molar-refractivity contribution is 6.31. The molecule has 0 aliphatic rings. The molecule has 0 spiro atoms. The number of benzene rings is 7. The molecule has 0 radical (unpaired) electrons. The zero-order chi connectivity index (χ0) is 32.4. The SMILES string of the molecule is N#Cc1ccc2c3c(-c4ccc5c(c4)oc4ccccc45)cc(-c4ccc5c(c4)oc4ccccc45)c4c5ccc(C#N)cc5n(c2c1)c34. The van der Waals surface area contributed by atoms with E-state index in [4.69, 9.17) is 8.83 Å². The van der Waals surface area contributed by atoms with Gasteiger partial charge in [0.25, 0.3) is 0 Å². The van der Waals surface area contributed by atoms with E-state index in [1.54, 1.807) is 0 Å². The summed E-state index contributed by atoms with van der Waals surface area (Å²) in [6.07, 6.45) is 0. The van der Waals surface area contributed by atoms with Crippen LogP contribution in [0.25, 0.3) is 104 Å². The lowest BCUT2D eigenvalue weighted by atomic mass is 9.90. The molecule has 0 saturated carbocycles. The predicted molar refractivity (Wildman–Crippen MR) is 196 cm³/mol. The fourth-order valence-corrected chi connectivity index (χ4v) is 8.05. The van der Waals surface area contributed by atoms with Crippen LogP contribution in [0.2, 0.25) is 0 Å². The summed E-state index contributed by atoms with van der Waals surface area (Å²) in [7, 11) is 0. The maximum absolute atomic E-state index is 9.93. The Morgan fingerprint density at radius 1 is 0.429 bits per heavy atom. The van der Waals surface area contributed by atoms with Crippen LogP contribution < -0.4 is 0 Å². The third-order valence-electron chi connectivity index (χ3n) is 10.2. The second-order valence-corrected chi connectivity index (χ2v) is 12.7. The van der Waals surface area contributed by atoms with Gasteiger partial charge in [-0.05, 0) is 89.0 Å². The van der Waals surface area contributed by atoms with E-state index in [2.05, 4.69) is 83.3 Å². The Bertz CT molecular complexity index is 3090. The van der Waals surface area contributed by atoms with Crippen LogP contribution in [0.5, 0.6) is 0 Å². The van der Waals surface area contributed by atoms with Crippen molar-refractivity contribution < 1.29 is 8.83 Å². The first-order valence-electron chi connectivity index (χ1n) is 16.1. The zero-order valence-electron chi connectivity index (χ0n) is 25.8. The Morgan fingerprint density at radius 2 is 0.878 bits per heavy atom. The van der Waals surface area contributed by atoms with Gasteiger partial charge in [-0.3, -0.25) is 0 Å². The molecular weight excluding hydrogens is 603 g/mol. The first-order chi connectivity index (χ1) is 24.2. The molecule has 0 fully saturated rings. The molecule has 5 heteroatoms. The van der Waals surface area contributed by atoms with Gasteiger partial charge < -0.3 is 13.2 Å². The summed E-state index contributed by atoms with van der Waals surface area (Å²) in [6.45, 7) is 0. The predicted octanol–water partition coefficient (Wildman–Crippen LogP) is 11.7. The molecular formula is C44H21N3O2. The highest BCUT2D eigenvalue weighted by Gasteiger charge is 2.25. The summed E-state index contributed by atoms with van der Waals surface area (Å²) in [5.41, 5.74) is 11.6. The number of aromatic nitrogens is 1. The second-order valence-electron chi connectivity index (χ2n) is 12.7. The minimum Gasteiger partial charge on any atom is -0.456 e. The van der Waals surface area contributed by atoms with Crippen LogP contribution in [-0.2, 0) is 0 Å². The van der Waals surface area contributed by atoms with E-state index in [0.29, 0.717) is 11.1 Å². The summed E-state index contributed by atoms with van der Waals surface area (Å²) in [6, 6.07) is 47.9. The number of hydrogen-bond acceptors (Lipinski definition) is 4. The van der Waals surface area contributed by atoms with Crippen LogP contribution in [0.1, 0.15) is 11.1 Å². The van der Waals surface area contributed by atoms with E-state index >= 15 is 0 Å². The molecule has 0 saturated heterocycles. The molecule has 4 heterocycles. The molecule has 0 amide bonds. The van der Waals surface area contributed by atoms with Gasteiger partial charge >= 0.3 is 0 Å². The van der Waals surface area contributed by atoms with Gasteiger partial charge in [0.05, 0.1) is 39.8 Å². The van der Waals surface area contributed by atoms with Crippen molar-refractivity contribution in [2.75, 3.05) is 0 Å². The fourth-order valence-electron chi connectivity index (χ4n) is 8.05.